The third kappa shape index (κ3) is 20.6. The highest BCUT2D eigenvalue weighted by Crippen LogP contribution is 2.23. The van der Waals surface area contributed by atoms with Gasteiger partial charge in [0.15, 0.2) is 4.96 Å². The molecule has 22 nitrogen and oxygen atoms in total. The molecule has 0 spiro atoms. The zero-order valence-electron chi connectivity index (χ0n) is 36.1. The summed E-state index contributed by atoms with van der Waals surface area (Å²) >= 11 is 1.41. The lowest BCUT2D eigenvalue weighted by atomic mass is 10.1. The first-order chi connectivity index (χ1) is 30.6. The number of nitrogens with two attached hydrogens (primary N) is 1. The van der Waals surface area contributed by atoms with E-state index in [1.165, 1.54) is 38.7 Å². The summed E-state index contributed by atoms with van der Waals surface area (Å²) in [5, 5.41) is 16.6. The lowest BCUT2D eigenvalue weighted by Gasteiger charge is -2.20. The molecular weight excluding hydrogens is 847 g/mol. The van der Waals surface area contributed by atoms with E-state index in [1.807, 2.05) is 11.6 Å². The van der Waals surface area contributed by atoms with Gasteiger partial charge in [-0.1, -0.05) is 0 Å². The molecule has 0 aliphatic rings. The van der Waals surface area contributed by atoms with Gasteiger partial charge < -0.3 is 60.7 Å². The minimum atomic E-state index is -0.929. The van der Waals surface area contributed by atoms with Gasteiger partial charge in [-0.25, -0.2) is 10.0 Å². The van der Waals surface area contributed by atoms with E-state index >= 15 is 0 Å². The van der Waals surface area contributed by atoms with Crippen LogP contribution in [0.4, 0.5) is 5.69 Å². The summed E-state index contributed by atoms with van der Waals surface area (Å²) in [6.45, 7) is 4.07. The van der Waals surface area contributed by atoms with Gasteiger partial charge in [0.05, 0.1) is 85.9 Å². The molecule has 350 valence electrons. The summed E-state index contributed by atoms with van der Waals surface area (Å²) in [4.78, 5) is 85.0. The molecule has 1 aromatic carbocycles. The van der Waals surface area contributed by atoms with Gasteiger partial charge in [-0.05, 0) is 31.0 Å². The van der Waals surface area contributed by atoms with Gasteiger partial charge in [0.1, 0.15) is 17.5 Å². The number of fused-ring (bicyclic) bond motifs is 1. The van der Waals surface area contributed by atoms with Crippen molar-refractivity contribution in [3.63, 3.8) is 0 Å². The molecule has 3 aromatic rings. The Balaban J connectivity index is 1.15. The van der Waals surface area contributed by atoms with Crippen molar-refractivity contribution in [2.45, 2.75) is 38.1 Å². The second-order valence-corrected chi connectivity index (χ2v) is 14.3. The van der Waals surface area contributed by atoms with Crippen LogP contribution in [0.1, 0.15) is 53.0 Å². The van der Waals surface area contributed by atoms with E-state index < -0.39 is 23.8 Å². The van der Waals surface area contributed by atoms with Crippen molar-refractivity contribution in [3.8, 4) is 5.75 Å². The Bertz CT molecular complexity index is 1830. The van der Waals surface area contributed by atoms with Gasteiger partial charge in [-0.2, -0.15) is 0 Å². The number of anilines is 1. The van der Waals surface area contributed by atoms with Gasteiger partial charge in [0, 0.05) is 76.0 Å². The number of carbonyl (C=O) groups is 6. The predicted molar refractivity (Wildman–Crippen MR) is 230 cm³/mol. The fraction of sp³-hybridized carbons (Fsp3) is 0.575. The molecule has 23 heteroatoms. The summed E-state index contributed by atoms with van der Waals surface area (Å²) < 4.78 is 34.3. The van der Waals surface area contributed by atoms with Crippen molar-refractivity contribution in [1.29, 1.82) is 0 Å². The van der Waals surface area contributed by atoms with Crippen LogP contribution >= 0.6 is 11.3 Å². The lowest BCUT2D eigenvalue weighted by molar-refractivity contribution is -0.168. The summed E-state index contributed by atoms with van der Waals surface area (Å²) in [7, 11) is 4.26. The second kappa shape index (κ2) is 30.7. The van der Waals surface area contributed by atoms with E-state index in [-0.39, 0.29) is 81.0 Å². The maximum atomic E-state index is 12.9. The first-order valence-electron chi connectivity index (χ1n) is 20.5. The number of hydrogen-bond acceptors (Lipinski definition) is 16. The number of aromatic nitrogens is 2. The summed E-state index contributed by atoms with van der Waals surface area (Å²) in [6.07, 6.45) is 4.16. The fourth-order valence-electron chi connectivity index (χ4n) is 5.44. The van der Waals surface area contributed by atoms with Crippen molar-refractivity contribution in [2.24, 2.45) is 5.73 Å². The molecule has 0 saturated heterocycles. The molecule has 0 aliphatic heterocycles. The van der Waals surface area contributed by atoms with E-state index in [4.69, 9.17) is 39.0 Å². The molecule has 7 N–H and O–H groups in total. The Morgan fingerprint density at radius 1 is 0.778 bits per heavy atom. The fourth-order valence-corrected chi connectivity index (χ4v) is 6.14. The van der Waals surface area contributed by atoms with E-state index in [0.29, 0.717) is 88.8 Å². The number of carbonyl (C=O) groups excluding carboxylic acids is 6. The molecule has 3 rings (SSSR count). The van der Waals surface area contributed by atoms with Crippen LogP contribution in [0.15, 0.2) is 36.0 Å². The molecule has 2 heterocycles. The number of methoxy groups -OCH3 is 1. The van der Waals surface area contributed by atoms with Crippen LogP contribution in [-0.4, -0.2) is 169 Å². The molecule has 0 saturated carbocycles. The minimum absolute atomic E-state index is 0.0145. The summed E-state index contributed by atoms with van der Waals surface area (Å²) in [5.41, 5.74) is 6.27. The number of nitrogens with zero attached hydrogens (tertiary/aromatic N) is 3. The van der Waals surface area contributed by atoms with E-state index in [9.17, 15) is 28.8 Å². The minimum Gasteiger partial charge on any atom is -0.496 e. The smallest absolute Gasteiger partial charge is 0.275 e. The predicted octanol–water partition coefficient (Wildman–Crippen LogP) is 0.116. The van der Waals surface area contributed by atoms with Crippen molar-refractivity contribution in [3.05, 3.63) is 47.2 Å². The third-order valence-electron chi connectivity index (χ3n) is 8.78. The summed E-state index contributed by atoms with van der Waals surface area (Å²) in [6, 6.07) is 3.82. The number of hydrogen-bond donors (Lipinski definition) is 6. The SMILES string of the molecule is COc1ccc(NC(=O)c2cn3ccsc3n2)cc1C(=O)NCCCC(=O)NCCOCCOCCOCCOCCNC(=O)[C@@H](CCC(=O)N(C)OC)NC(=O)CCOCCN. The average molecular weight is 908 g/mol. The highest BCUT2D eigenvalue weighted by atomic mass is 32.1. The number of thiazole rings is 1. The normalized spacial score (nSPS) is 11.5. The molecule has 0 aliphatic carbocycles. The molecule has 2 aromatic heterocycles. The zero-order valence-corrected chi connectivity index (χ0v) is 36.9. The maximum Gasteiger partial charge on any atom is 0.275 e. The maximum absolute atomic E-state index is 12.9. The third-order valence-corrected chi connectivity index (χ3v) is 9.55. The number of amides is 6. The Morgan fingerprint density at radius 2 is 1.44 bits per heavy atom. The van der Waals surface area contributed by atoms with Crippen LogP contribution < -0.4 is 37.1 Å². The Hall–Kier alpha value is -5.27. The standard InChI is InChI=1S/C40H61N9O13S/c1-48(57-3)36(52)9-7-31(46-35(51)10-16-58-17-11-41)38(54)44-14-19-60-21-23-62-25-24-61-22-20-59-18-13-42-34(50)5-4-12-43-37(53)30-27-29(6-8-33(30)56-2)45-39(55)32-28-49-15-26-63-40(49)47-32/h6,8,15,26-28,31H,4-5,7,9-14,16-25,41H2,1-3H3,(H,42,50)(H,43,53)(H,44,54)(H,45,55)(H,46,51)/t31-/m1/s1. The Kier molecular flexibility index (Phi) is 25.4. The second-order valence-electron chi connectivity index (χ2n) is 13.4. The van der Waals surface area contributed by atoms with Crippen molar-refractivity contribution in [1.82, 2.24) is 35.7 Å². The van der Waals surface area contributed by atoms with Crippen LogP contribution in [0, 0.1) is 0 Å². The summed E-state index contributed by atoms with van der Waals surface area (Å²) in [5.74, 6) is -1.83. The van der Waals surface area contributed by atoms with E-state index in [1.54, 1.807) is 22.7 Å². The molecule has 0 fully saturated rings. The number of hydroxylamine groups is 2. The Labute approximate surface area is 370 Å². The molecule has 6 amide bonds. The Morgan fingerprint density at radius 3 is 2.10 bits per heavy atom. The van der Waals surface area contributed by atoms with Crippen LogP contribution in [0.25, 0.3) is 4.96 Å². The largest absolute Gasteiger partial charge is 0.496 e. The number of imidazole rings is 1. The quantitative estimate of drug-likeness (QED) is 0.0343. The number of rotatable bonds is 34. The molecule has 0 radical (unpaired) electrons. The number of ether oxygens (including phenoxy) is 6. The highest BCUT2D eigenvalue weighted by molar-refractivity contribution is 7.15. The van der Waals surface area contributed by atoms with E-state index in [0.717, 1.165) is 5.06 Å². The average Bonchev–Trinajstić information content (AvgIpc) is 3.91. The van der Waals surface area contributed by atoms with Crippen LogP contribution in [-0.2, 0) is 47.7 Å². The van der Waals surface area contributed by atoms with Gasteiger partial charge in [0.2, 0.25) is 23.6 Å². The molecule has 0 bridgehead atoms. The molecular formula is C40H61N9O13S. The van der Waals surface area contributed by atoms with Gasteiger partial charge in [-0.15, -0.1) is 11.3 Å². The number of nitrogens with one attached hydrogen (secondary N) is 5. The van der Waals surface area contributed by atoms with Crippen LogP contribution in [0.2, 0.25) is 0 Å². The van der Waals surface area contributed by atoms with E-state index in [2.05, 4.69) is 31.6 Å². The van der Waals surface area contributed by atoms with Gasteiger partial charge >= 0.3 is 0 Å². The zero-order chi connectivity index (χ0) is 45.7. The lowest BCUT2D eigenvalue weighted by Crippen LogP contribution is -2.48. The molecule has 0 unspecified atom stereocenters. The number of benzene rings is 1. The van der Waals surface area contributed by atoms with Crippen molar-refractivity contribution >= 4 is 57.4 Å². The van der Waals surface area contributed by atoms with Gasteiger partial charge in [0.25, 0.3) is 11.8 Å². The molecule has 1 atom stereocenters. The van der Waals surface area contributed by atoms with Crippen LogP contribution in [0.3, 0.4) is 0 Å². The molecule has 63 heavy (non-hydrogen) atoms. The first kappa shape index (κ1) is 52.1. The highest BCUT2D eigenvalue weighted by Gasteiger charge is 2.23. The monoisotopic (exact) mass is 907 g/mol. The van der Waals surface area contributed by atoms with Crippen molar-refractivity contribution in [2.75, 3.05) is 119 Å². The topological polar surface area (TPSA) is 274 Å². The van der Waals surface area contributed by atoms with Gasteiger partial charge in [-0.3, -0.25) is 38.0 Å². The van der Waals surface area contributed by atoms with Crippen LogP contribution in [0.5, 0.6) is 5.75 Å². The van der Waals surface area contributed by atoms with Crippen molar-refractivity contribution < 1.29 is 62.0 Å². The first-order valence-corrected chi connectivity index (χ1v) is 21.4.